The summed E-state index contributed by atoms with van der Waals surface area (Å²) in [6.45, 7) is 0. The highest BCUT2D eigenvalue weighted by Crippen LogP contribution is 2.23. The molecule has 0 heterocycles. The third-order valence-electron chi connectivity index (χ3n) is 3.80. The monoisotopic (exact) mass is 406 g/mol. The summed E-state index contributed by atoms with van der Waals surface area (Å²) in [5, 5.41) is 25.6. The van der Waals surface area contributed by atoms with Gasteiger partial charge in [-0.3, -0.25) is 25.0 Å². The van der Waals surface area contributed by atoms with E-state index in [-0.39, 0.29) is 5.56 Å². The molecule has 3 aromatic rings. The maximum absolute atomic E-state index is 12.2. The number of nitro groups is 2. The summed E-state index contributed by atoms with van der Waals surface area (Å²) in [5.74, 6) is 0.396. The van der Waals surface area contributed by atoms with Gasteiger partial charge in [0.1, 0.15) is 11.5 Å². The molecule has 10 heteroatoms. The second kappa shape index (κ2) is 9.06. The van der Waals surface area contributed by atoms with Gasteiger partial charge in [-0.05, 0) is 29.8 Å². The number of carbonyl (C=O) groups excluding carboxylic acids is 1. The molecule has 30 heavy (non-hydrogen) atoms. The first-order chi connectivity index (χ1) is 14.4. The number of rotatable bonds is 7. The number of non-ortho nitro benzene ring substituents is 2. The fourth-order valence-corrected chi connectivity index (χ4v) is 2.45. The van der Waals surface area contributed by atoms with Crippen LogP contribution in [0, 0.1) is 20.2 Å². The first-order valence-corrected chi connectivity index (χ1v) is 8.52. The summed E-state index contributed by atoms with van der Waals surface area (Å²) < 4.78 is 5.71. The van der Waals surface area contributed by atoms with Crippen LogP contribution in [0.15, 0.2) is 77.9 Å². The number of nitrogens with zero attached hydrogens (tertiary/aromatic N) is 3. The number of hydrazone groups is 1. The molecule has 0 saturated carbocycles. The van der Waals surface area contributed by atoms with Crippen molar-refractivity contribution >= 4 is 23.5 Å². The topological polar surface area (TPSA) is 137 Å². The summed E-state index contributed by atoms with van der Waals surface area (Å²) in [6, 6.07) is 18.7. The Hall–Kier alpha value is -4.60. The molecule has 0 fully saturated rings. The summed E-state index contributed by atoms with van der Waals surface area (Å²) >= 11 is 0. The lowest BCUT2D eigenvalue weighted by molar-refractivity contribution is -0.394. The van der Waals surface area contributed by atoms with Gasteiger partial charge in [0.05, 0.1) is 27.7 Å². The van der Waals surface area contributed by atoms with Crippen molar-refractivity contribution in [2.75, 3.05) is 0 Å². The Kier molecular flexibility index (Phi) is 6.08. The predicted octanol–water partition coefficient (Wildman–Crippen LogP) is 4.06. The number of hydrogen-bond donors (Lipinski definition) is 1. The van der Waals surface area contributed by atoms with E-state index in [0.29, 0.717) is 17.1 Å². The van der Waals surface area contributed by atoms with Crippen LogP contribution < -0.4 is 10.2 Å². The Balaban J connectivity index is 1.71. The zero-order chi connectivity index (χ0) is 21.5. The van der Waals surface area contributed by atoms with E-state index in [1.165, 1.54) is 6.21 Å². The predicted molar refractivity (Wildman–Crippen MR) is 108 cm³/mol. The quantitative estimate of drug-likeness (QED) is 0.357. The lowest BCUT2D eigenvalue weighted by atomic mass is 10.1. The minimum atomic E-state index is -0.824. The number of ether oxygens (including phenoxy) is 1. The molecule has 0 aliphatic rings. The molecule has 0 saturated heterocycles. The number of nitrogens with one attached hydrogen (secondary N) is 1. The van der Waals surface area contributed by atoms with Gasteiger partial charge >= 0.3 is 0 Å². The van der Waals surface area contributed by atoms with Gasteiger partial charge in [0, 0.05) is 12.1 Å². The van der Waals surface area contributed by atoms with Gasteiger partial charge in [-0.2, -0.15) is 5.10 Å². The minimum absolute atomic E-state index is 0.255. The number of hydrogen-bond acceptors (Lipinski definition) is 7. The molecule has 10 nitrogen and oxygen atoms in total. The molecule has 3 rings (SSSR count). The van der Waals surface area contributed by atoms with Crippen LogP contribution >= 0.6 is 0 Å². The van der Waals surface area contributed by atoms with Crippen molar-refractivity contribution < 1.29 is 19.4 Å². The molecule has 0 unspecified atom stereocenters. The van der Waals surface area contributed by atoms with Gasteiger partial charge in [0.25, 0.3) is 17.3 Å². The van der Waals surface area contributed by atoms with Crippen LogP contribution in [0.4, 0.5) is 11.4 Å². The maximum atomic E-state index is 12.2. The highest BCUT2D eigenvalue weighted by atomic mass is 16.6. The fourth-order valence-electron chi connectivity index (χ4n) is 2.45. The maximum Gasteiger partial charge on any atom is 0.277 e. The Morgan fingerprint density at radius 3 is 2.13 bits per heavy atom. The van der Waals surface area contributed by atoms with Crippen LogP contribution in [0.25, 0.3) is 0 Å². The van der Waals surface area contributed by atoms with Crippen molar-refractivity contribution in [3.8, 4) is 11.5 Å². The van der Waals surface area contributed by atoms with Crippen LogP contribution in [0.5, 0.6) is 11.5 Å². The van der Waals surface area contributed by atoms with Crippen molar-refractivity contribution in [3.05, 3.63) is 104 Å². The van der Waals surface area contributed by atoms with Gasteiger partial charge in [-0.25, -0.2) is 5.43 Å². The molecule has 0 atom stereocenters. The largest absolute Gasteiger partial charge is 0.457 e. The van der Waals surface area contributed by atoms with E-state index in [9.17, 15) is 25.0 Å². The molecule has 0 spiro atoms. The van der Waals surface area contributed by atoms with E-state index in [0.717, 1.165) is 18.2 Å². The van der Waals surface area contributed by atoms with Crippen molar-refractivity contribution in [3.63, 3.8) is 0 Å². The molecular formula is C20H14N4O6. The fraction of sp³-hybridized carbons (Fsp3) is 0. The Morgan fingerprint density at radius 2 is 1.50 bits per heavy atom. The second-order valence-electron chi connectivity index (χ2n) is 5.94. The van der Waals surface area contributed by atoms with Crippen LogP contribution in [0.2, 0.25) is 0 Å². The third kappa shape index (κ3) is 5.23. The number of carbonyl (C=O) groups is 1. The smallest absolute Gasteiger partial charge is 0.277 e. The average molecular weight is 406 g/mol. The van der Waals surface area contributed by atoms with E-state index < -0.39 is 27.1 Å². The van der Waals surface area contributed by atoms with Gasteiger partial charge in [0.2, 0.25) is 0 Å². The van der Waals surface area contributed by atoms with Crippen molar-refractivity contribution in [1.29, 1.82) is 0 Å². The Morgan fingerprint density at radius 1 is 0.867 bits per heavy atom. The van der Waals surface area contributed by atoms with Crippen LogP contribution in [0.1, 0.15) is 15.9 Å². The van der Waals surface area contributed by atoms with E-state index in [4.69, 9.17) is 4.74 Å². The normalized spacial score (nSPS) is 10.5. The standard InChI is InChI=1S/C20H14N4O6/c25-20(15-10-16(23(26)27)12-17(11-15)24(28)29)22-21-13-14-5-4-8-19(9-14)30-18-6-2-1-3-7-18/h1-13H,(H,22,25)/b21-13+. The molecule has 1 amide bonds. The number of benzene rings is 3. The van der Waals surface area contributed by atoms with E-state index in [2.05, 4.69) is 10.5 Å². The molecule has 0 radical (unpaired) electrons. The molecule has 150 valence electrons. The minimum Gasteiger partial charge on any atom is -0.457 e. The summed E-state index contributed by atoms with van der Waals surface area (Å²) in [5.41, 5.74) is 1.43. The highest BCUT2D eigenvalue weighted by molar-refractivity contribution is 5.96. The van der Waals surface area contributed by atoms with Gasteiger partial charge in [-0.15, -0.1) is 0 Å². The number of amides is 1. The van der Waals surface area contributed by atoms with Crippen LogP contribution in [0.3, 0.4) is 0 Å². The Bertz CT molecular complexity index is 1100. The first kappa shape index (κ1) is 20.1. The van der Waals surface area contributed by atoms with Gasteiger partial charge in [-0.1, -0.05) is 30.3 Å². The molecule has 3 aromatic carbocycles. The first-order valence-electron chi connectivity index (χ1n) is 8.52. The van der Waals surface area contributed by atoms with E-state index in [1.54, 1.807) is 36.4 Å². The molecule has 0 aliphatic carbocycles. The SMILES string of the molecule is O=C(N/N=C/c1cccc(Oc2ccccc2)c1)c1cc([N+](=O)[O-])cc([N+](=O)[O-])c1. The zero-order valence-electron chi connectivity index (χ0n) is 15.3. The lowest BCUT2D eigenvalue weighted by Crippen LogP contribution is -2.18. The molecule has 0 aliphatic heterocycles. The second-order valence-corrected chi connectivity index (χ2v) is 5.94. The Labute approximate surface area is 169 Å². The van der Waals surface area contributed by atoms with E-state index >= 15 is 0 Å². The van der Waals surface area contributed by atoms with Crippen LogP contribution in [-0.4, -0.2) is 22.0 Å². The molecular weight excluding hydrogens is 392 g/mol. The molecule has 0 bridgehead atoms. The summed E-state index contributed by atoms with van der Waals surface area (Å²) in [7, 11) is 0. The van der Waals surface area contributed by atoms with Gasteiger partial charge in [0.15, 0.2) is 0 Å². The van der Waals surface area contributed by atoms with E-state index in [1.807, 2.05) is 18.2 Å². The van der Waals surface area contributed by atoms with Crippen molar-refractivity contribution in [1.82, 2.24) is 5.43 Å². The summed E-state index contributed by atoms with van der Waals surface area (Å²) in [4.78, 5) is 32.4. The highest BCUT2D eigenvalue weighted by Gasteiger charge is 2.19. The number of nitro benzene ring substituents is 2. The third-order valence-corrected chi connectivity index (χ3v) is 3.80. The van der Waals surface area contributed by atoms with Crippen molar-refractivity contribution in [2.24, 2.45) is 5.10 Å². The van der Waals surface area contributed by atoms with Crippen molar-refractivity contribution in [2.45, 2.75) is 0 Å². The average Bonchev–Trinajstić information content (AvgIpc) is 2.74. The molecule has 1 N–H and O–H groups in total. The van der Waals surface area contributed by atoms with Crippen LogP contribution in [-0.2, 0) is 0 Å². The molecule has 0 aromatic heterocycles. The lowest BCUT2D eigenvalue weighted by Gasteiger charge is -2.05. The van der Waals surface area contributed by atoms with Gasteiger partial charge < -0.3 is 4.74 Å². The zero-order valence-corrected chi connectivity index (χ0v) is 15.3. The number of para-hydroxylation sites is 1. The summed E-state index contributed by atoms with van der Waals surface area (Å²) in [6.07, 6.45) is 1.35.